The van der Waals surface area contributed by atoms with Crippen LogP contribution in [0.25, 0.3) is 0 Å². The zero-order chi connectivity index (χ0) is 27.1. The molecule has 12 heteroatoms. The van der Waals surface area contributed by atoms with E-state index in [9.17, 15) is 22.8 Å². The lowest BCUT2D eigenvalue weighted by molar-refractivity contribution is -0.129. The quantitative estimate of drug-likeness (QED) is 0.512. The molecule has 1 aliphatic heterocycles. The first-order valence-electron chi connectivity index (χ1n) is 13.1. The fourth-order valence-corrected chi connectivity index (χ4v) is 6.36. The first kappa shape index (κ1) is 27.8. The Kier molecular flexibility index (Phi) is 9.16. The Labute approximate surface area is 222 Å². The number of amides is 2. The molecule has 3 heterocycles. The number of nitrogens with one attached hydrogen (secondary N) is 2. The summed E-state index contributed by atoms with van der Waals surface area (Å²) in [5.74, 6) is -1.08. The fraction of sp³-hybridized carbons (Fsp3) is 0.538. The largest absolute Gasteiger partial charge is 0.344 e. The van der Waals surface area contributed by atoms with Gasteiger partial charge in [-0.05, 0) is 44.2 Å². The van der Waals surface area contributed by atoms with Crippen molar-refractivity contribution < 1.29 is 22.8 Å². The molecule has 2 fully saturated rings. The summed E-state index contributed by atoms with van der Waals surface area (Å²) in [4.78, 5) is 51.5. The standard InChI is InChI=1S/C26H34N6O5S/c1-18-15-29-22(16-28-18)26(35)31-21(14-19-8-3-2-4-9-19)25(34)30-20-10-7-13-32(17-23(20)33)38(36,37)24-11-5-6-12-27-24/h5-6,11-12,15-16,19-21H,2-4,7-10,13-14,17H2,1H3,(H,30,34)(H,31,35)/t20-,21-/m0/s1. The highest BCUT2D eigenvalue weighted by Gasteiger charge is 2.35. The summed E-state index contributed by atoms with van der Waals surface area (Å²) in [6.07, 6.45) is 10.7. The van der Waals surface area contributed by atoms with E-state index in [1.165, 1.54) is 24.7 Å². The van der Waals surface area contributed by atoms with Crippen LogP contribution in [0.3, 0.4) is 0 Å². The van der Waals surface area contributed by atoms with Crippen molar-refractivity contribution in [3.8, 4) is 0 Å². The first-order chi connectivity index (χ1) is 18.2. The van der Waals surface area contributed by atoms with Crippen molar-refractivity contribution >= 4 is 27.6 Å². The Morgan fingerprint density at radius 3 is 2.53 bits per heavy atom. The highest BCUT2D eigenvalue weighted by atomic mass is 32.2. The van der Waals surface area contributed by atoms with Crippen LogP contribution >= 0.6 is 0 Å². The molecular weight excluding hydrogens is 508 g/mol. The summed E-state index contributed by atoms with van der Waals surface area (Å²) in [7, 11) is -3.94. The van der Waals surface area contributed by atoms with E-state index in [0.717, 1.165) is 36.4 Å². The molecule has 1 aliphatic carbocycles. The van der Waals surface area contributed by atoms with E-state index in [0.29, 0.717) is 25.0 Å². The average molecular weight is 543 g/mol. The number of hydrogen-bond donors (Lipinski definition) is 2. The van der Waals surface area contributed by atoms with E-state index in [1.54, 1.807) is 19.1 Å². The number of Topliss-reactive ketones (excluding diaryl/α,β-unsaturated/α-hetero) is 1. The minimum absolute atomic E-state index is 0.109. The van der Waals surface area contributed by atoms with Crippen molar-refractivity contribution in [2.75, 3.05) is 13.1 Å². The van der Waals surface area contributed by atoms with Crippen LogP contribution in [0, 0.1) is 12.8 Å². The van der Waals surface area contributed by atoms with Gasteiger partial charge in [-0.3, -0.25) is 19.4 Å². The predicted molar refractivity (Wildman–Crippen MR) is 138 cm³/mol. The van der Waals surface area contributed by atoms with E-state index in [2.05, 4.69) is 25.6 Å². The molecule has 0 aromatic carbocycles. The Bertz CT molecular complexity index is 1230. The number of carbonyl (C=O) groups excluding carboxylic acids is 3. The number of carbonyl (C=O) groups is 3. The highest BCUT2D eigenvalue weighted by Crippen LogP contribution is 2.27. The third-order valence-electron chi connectivity index (χ3n) is 7.11. The summed E-state index contributed by atoms with van der Waals surface area (Å²) >= 11 is 0. The van der Waals surface area contributed by atoms with Gasteiger partial charge < -0.3 is 10.6 Å². The van der Waals surface area contributed by atoms with Crippen molar-refractivity contribution in [1.29, 1.82) is 0 Å². The van der Waals surface area contributed by atoms with E-state index < -0.39 is 39.7 Å². The Balaban J connectivity index is 1.45. The number of pyridine rings is 1. The van der Waals surface area contributed by atoms with Crippen molar-refractivity contribution in [3.63, 3.8) is 0 Å². The van der Waals surface area contributed by atoms with Crippen molar-refractivity contribution in [3.05, 3.63) is 48.2 Å². The van der Waals surface area contributed by atoms with Crippen LogP contribution in [-0.2, 0) is 19.6 Å². The minimum atomic E-state index is -3.94. The van der Waals surface area contributed by atoms with Crippen LogP contribution in [-0.4, -0.2) is 70.4 Å². The van der Waals surface area contributed by atoms with E-state index in [-0.39, 0.29) is 29.7 Å². The van der Waals surface area contributed by atoms with Gasteiger partial charge in [-0.25, -0.2) is 18.4 Å². The molecule has 2 aliphatic rings. The van der Waals surface area contributed by atoms with Gasteiger partial charge in [-0.2, -0.15) is 4.31 Å². The van der Waals surface area contributed by atoms with Crippen LogP contribution in [0.15, 0.2) is 41.8 Å². The van der Waals surface area contributed by atoms with Gasteiger partial charge in [0, 0.05) is 18.9 Å². The summed E-state index contributed by atoms with van der Waals surface area (Å²) in [6.45, 7) is 1.55. The monoisotopic (exact) mass is 542 g/mol. The van der Waals surface area contributed by atoms with Crippen LogP contribution < -0.4 is 10.6 Å². The molecular formula is C26H34N6O5S. The van der Waals surface area contributed by atoms with Crippen molar-refractivity contribution in [1.82, 2.24) is 29.9 Å². The van der Waals surface area contributed by atoms with E-state index in [1.807, 2.05) is 0 Å². The number of aromatic nitrogens is 3. The number of aryl methyl sites for hydroxylation is 1. The van der Waals surface area contributed by atoms with E-state index >= 15 is 0 Å². The number of sulfonamides is 1. The normalized spacial score (nSPS) is 20.3. The molecule has 2 amide bonds. The number of hydrogen-bond acceptors (Lipinski definition) is 8. The van der Waals surface area contributed by atoms with Crippen LogP contribution in [0.1, 0.15) is 67.5 Å². The Hall–Kier alpha value is -3.25. The van der Waals surface area contributed by atoms with Gasteiger partial charge in [0.15, 0.2) is 10.8 Å². The van der Waals surface area contributed by atoms with Gasteiger partial charge in [-0.1, -0.05) is 38.2 Å². The second-order valence-electron chi connectivity index (χ2n) is 9.99. The molecule has 2 aromatic heterocycles. The number of rotatable bonds is 8. The molecule has 204 valence electrons. The van der Waals surface area contributed by atoms with Gasteiger partial charge in [0.25, 0.3) is 15.9 Å². The van der Waals surface area contributed by atoms with Crippen LogP contribution in [0.4, 0.5) is 0 Å². The third kappa shape index (κ3) is 6.98. The minimum Gasteiger partial charge on any atom is -0.344 e. The van der Waals surface area contributed by atoms with Gasteiger partial charge in [0.05, 0.1) is 24.5 Å². The summed E-state index contributed by atoms with van der Waals surface area (Å²) in [6, 6.07) is 2.88. The van der Waals surface area contributed by atoms with Crippen LogP contribution in [0.2, 0.25) is 0 Å². The summed E-state index contributed by atoms with van der Waals surface area (Å²) in [5, 5.41) is 5.47. The zero-order valence-electron chi connectivity index (χ0n) is 21.5. The smallest absolute Gasteiger partial charge is 0.272 e. The SMILES string of the molecule is Cc1cnc(C(=O)N[C@@H](CC2CCCCC2)C(=O)N[C@H]2CCCN(S(=O)(=O)c3ccccn3)CC2=O)cn1. The lowest BCUT2D eigenvalue weighted by Crippen LogP contribution is -2.53. The molecule has 4 rings (SSSR count). The van der Waals surface area contributed by atoms with Crippen molar-refractivity contribution in [2.24, 2.45) is 5.92 Å². The first-order valence-corrected chi connectivity index (χ1v) is 14.5. The summed E-state index contributed by atoms with van der Waals surface area (Å²) in [5.41, 5.74) is 0.780. The third-order valence-corrected chi connectivity index (χ3v) is 8.87. The molecule has 2 N–H and O–H groups in total. The fourth-order valence-electron chi connectivity index (χ4n) is 4.99. The molecule has 0 spiro atoms. The van der Waals surface area contributed by atoms with Gasteiger partial charge in [0.2, 0.25) is 5.91 Å². The Morgan fingerprint density at radius 1 is 1.05 bits per heavy atom. The Morgan fingerprint density at radius 2 is 1.84 bits per heavy atom. The zero-order valence-corrected chi connectivity index (χ0v) is 22.3. The summed E-state index contributed by atoms with van der Waals surface area (Å²) < 4.78 is 27.1. The molecule has 0 unspecified atom stereocenters. The average Bonchev–Trinajstić information content (AvgIpc) is 3.11. The highest BCUT2D eigenvalue weighted by molar-refractivity contribution is 7.89. The second kappa shape index (κ2) is 12.5. The topological polar surface area (TPSA) is 151 Å². The maximum atomic E-state index is 13.4. The molecule has 2 aromatic rings. The van der Waals surface area contributed by atoms with Gasteiger partial charge >= 0.3 is 0 Å². The number of ketones is 1. The lowest BCUT2D eigenvalue weighted by atomic mass is 9.84. The molecule has 11 nitrogen and oxygen atoms in total. The maximum absolute atomic E-state index is 13.4. The van der Waals surface area contributed by atoms with Crippen LogP contribution in [0.5, 0.6) is 0 Å². The molecule has 1 saturated heterocycles. The molecule has 38 heavy (non-hydrogen) atoms. The van der Waals surface area contributed by atoms with Crippen molar-refractivity contribution in [2.45, 2.75) is 75.4 Å². The lowest BCUT2D eigenvalue weighted by Gasteiger charge is -2.27. The van der Waals surface area contributed by atoms with Gasteiger partial charge in [0.1, 0.15) is 11.7 Å². The second-order valence-corrected chi connectivity index (χ2v) is 11.9. The number of nitrogens with zero attached hydrogens (tertiary/aromatic N) is 4. The van der Waals surface area contributed by atoms with E-state index in [4.69, 9.17) is 0 Å². The molecule has 0 radical (unpaired) electrons. The maximum Gasteiger partial charge on any atom is 0.272 e. The molecule has 0 bridgehead atoms. The molecule has 1 saturated carbocycles. The van der Waals surface area contributed by atoms with Gasteiger partial charge in [-0.15, -0.1) is 0 Å². The molecule has 2 atom stereocenters. The predicted octanol–water partition coefficient (Wildman–Crippen LogP) is 1.79.